The molecular weight excluding hydrogens is 892 g/mol. The number of nitrogens with one attached hydrogen (secondary N) is 2. The van der Waals surface area contributed by atoms with E-state index in [0.29, 0.717) is 0 Å². The summed E-state index contributed by atoms with van der Waals surface area (Å²) < 4.78 is 0. The molecule has 0 amide bonds. The van der Waals surface area contributed by atoms with Crippen molar-refractivity contribution in [2.45, 2.75) is 109 Å². The zero-order valence-corrected chi connectivity index (χ0v) is 54.1. The fourth-order valence-electron chi connectivity index (χ4n) is 9.14. The van der Waals surface area contributed by atoms with Crippen LogP contribution in [0.5, 0.6) is 0 Å². The molecule has 0 bridgehead atoms. The van der Waals surface area contributed by atoms with Crippen molar-refractivity contribution in [3.05, 3.63) is 99.5 Å². The molecule has 8 nitrogen and oxygen atoms in total. The Bertz CT molecular complexity index is 737. The molecule has 12 unspecified atom stereocenters. The molecule has 387 valence electrons. The van der Waals surface area contributed by atoms with Gasteiger partial charge in [-0.25, -0.2) is 0 Å². The molecular formula is C53H123N8Ti3. The Labute approximate surface area is 457 Å². The molecule has 3 saturated carbocycles. The zero-order chi connectivity index (χ0) is 42.8. The summed E-state index contributed by atoms with van der Waals surface area (Å²) in [5.74, 6) is 13.6. The maximum absolute atomic E-state index is 6.03. The Kier molecular flexibility index (Phi) is 104. The first-order valence-electron chi connectivity index (χ1n) is 21.0. The van der Waals surface area contributed by atoms with Crippen molar-refractivity contribution in [2.24, 2.45) is 94.5 Å². The predicted molar refractivity (Wildman–Crippen MR) is 295 cm³/mol. The summed E-state index contributed by atoms with van der Waals surface area (Å²) in [4.78, 5) is 4.63. The van der Waals surface area contributed by atoms with Gasteiger partial charge in [0, 0.05) is 7.43 Å². The van der Waals surface area contributed by atoms with Gasteiger partial charge in [0.25, 0.3) is 0 Å². The molecule has 3 fully saturated rings. The first-order chi connectivity index (χ1) is 24.5. The van der Waals surface area contributed by atoms with E-state index in [4.69, 9.17) is 11.5 Å². The first kappa shape index (κ1) is 107. The van der Waals surface area contributed by atoms with Gasteiger partial charge >= 0.3 is 65.2 Å². The van der Waals surface area contributed by atoms with E-state index in [1.54, 1.807) is 42.3 Å². The topological polar surface area (TPSA) is 122 Å². The van der Waals surface area contributed by atoms with Crippen molar-refractivity contribution in [1.82, 2.24) is 9.80 Å². The SMILES string of the molecule is C=CCC1C(C)C(C)C(C)C1C.CC1C(C)C(C)C(CCN(C)C)C1C.CC1C(C)C(C)C(CCN(C)C)C1C.C[N-]C.C[N-]C.C[N-]C.[CH3+].[CH3-].[CH3-].[CH3-].[CH3-].[CH3-].[CH3-].[CH3-].[NH-]C([NH-])N.[Ti+3].[Ti+4].[Ti+4]. The smallest absolute Gasteiger partial charge is 0.681 e. The molecule has 0 aliphatic heterocycles. The number of hydrogen-bond donors (Lipinski definition) is 1. The number of nitrogens with two attached hydrogens (primary N) is 1. The maximum Gasteiger partial charge on any atom is 4.00 e. The Hall–Kier alpha value is 1.43. The quantitative estimate of drug-likeness (QED) is 0.148. The Balaban J connectivity index is -0.0000000354. The molecule has 3 aliphatic carbocycles. The molecule has 0 aromatic carbocycles. The maximum atomic E-state index is 6.03. The minimum absolute atomic E-state index is 0. The molecule has 3 rings (SSSR count). The van der Waals surface area contributed by atoms with E-state index in [1.165, 1.54) is 32.4 Å². The number of rotatable bonds is 8. The van der Waals surface area contributed by atoms with E-state index in [2.05, 4.69) is 155 Å². The van der Waals surface area contributed by atoms with Gasteiger partial charge < -0.3 is 94.9 Å². The predicted octanol–water partition coefficient (Wildman–Crippen LogP) is 15.7. The van der Waals surface area contributed by atoms with Crippen molar-refractivity contribution in [3.63, 3.8) is 0 Å². The molecule has 11 heteroatoms. The molecule has 1 radical (unpaired) electrons. The molecule has 0 spiro atoms. The van der Waals surface area contributed by atoms with Gasteiger partial charge in [-0.1, -0.05) is 89.2 Å². The Morgan fingerprint density at radius 2 is 0.594 bits per heavy atom. The molecule has 64 heavy (non-hydrogen) atoms. The van der Waals surface area contributed by atoms with E-state index in [-0.39, 0.29) is 125 Å². The van der Waals surface area contributed by atoms with E-state index in [0.717, 1.165) is 88.8 Å². The third kappa shape index (κ3) is 44.6. The molecule has 0 aromatic rings. The van der Waals surface area contributed by atoms with Crippen LogP contribution in [-0.4, -0.2) is 99.7 Å². The standard InChI is InChI=1S/2C13H27N.C12H22.3C2H6N.CH5N3.8CH3.3Ti/c2*1-9-10(2)12(4)13(11(9)3)7-8-14(5)6;1-6-7-12-10(4)8(2)9(3)11(12)5;3*1-3-2;2-1(3)4;;;;;;;;;;;/h2*9-13H,7-8H2,1-6H3;6,8-12H,1,7H2,2-5H3;3*1-2H3;1-3H,4H2;8*1H3;;;/q;;;3*-1;-2;7*-1;+1;+3;2*+4. The van der Waals surface area contributed by atoms with Crippen LogP contribution in [0.2, 0.25) is 0 Å². The van der Waals surface area contributed by atoms with Crippen LogP contribution in [0.1, 0.15) is 102 Å². The van der Waals surface area contributed by atoms with Crippen LogP contribution in [0.3, 0.4) is 0 Å². The number of nitrogens with zero attached hydrogens (tertiary/aromatic N) is 5. The summed E-state index contributed by atoms with van der Waals surface area (Å²) in [5, 5.41) is 10.5. The third-order valence-corrected chi connectivity index (χ3v) is 13.8. The Morgan fingerprint density at radius 1 is 0.453 bits per heavy atom. The fraction of sp³-hybridized carbons (Fsp3) is 0.811. The van der Waals surface area contributed by atoms with Crippen LogP contribution in [-0.2, 0) is 65.2 Å². The monoisotopic (exact) mass is 1020 g/mol. The van der Waals surface area contributed by atoms with Gasteiger partial charge in [0.05, 0.1) is 0 Å². The number of allylic oxidation sites excluding steroid dienone is 1. The van der Waals surface area contributed by atoms with Gasteiger partial charge in [0.1, 0.15) is 0 Å². The van der Waals surface area contributed by atoms with Crippen molar-refractivity contribution in [3.8, 4) is 0 Å². The number of hydrogen-bond acceptors (Lipinski definition) is 3. The first-order valence-corrected chi connectivity index (χ1v) is 21.0. The second-order valence-electron chi connectivity index (χ2n) is 17.8. The van der Waals surface area contributed by atoms with Crippen molar-refractivity contribution < 1.29 is 65.2 Å². The van der Waals surface area contributed by atoms with Crippen LogP contribution in [0.15, 0.2) is 12.7 Å². The third-order valence-electron chi connectivity index (χ3n) is 13.8. The average Bonchev–Trinajstić information content (AvgIpc) is 3.46. The van der Waals surface area contributed by atoms with Crippen LogP contribution < -0.4 is 5.73 Å². The van der Waals surface area contributed by atoms with Crippen LogP contribution in [0.25, 0.3) is 27.4 Å². The van der Waals surface area contributed by atoms with Crippen molar-refractivity contribution in [2.75, 3.05) is 83.6 Å². The molecule has 3 aliphatic rings. The molecule has 0 heterocycles. The van der Waals surface area contributed by atoms with Gasteiger partial charge in [-0.3, -0.25) is 0 Å². The fourth-order valence-corrected chi connectivity index (χ4v) is 9.14. The van der Waals surface area contributed by atoms with E-state index in [1.807, 2.05) is 0 Å². The molecule has 0 aromatic heterocycles. The zero-order valence-electron chi connectivity index (χ0n) is 49.4. The van der Waals surface area contributed by atoms with Crippen molar-refractivity contribution in [1.29, 1.82) is 0 Å². The van der Waals surface area contributed by atoms with E-state index < -0.39 is 6.29 Å². The molecule has 12 atom stereocenters. The van der Waals surface area contributed by atoms with Crippen molar-refractivity contribution >= 4 is 0 Å². The summed E-state index contributed by atoms with van der Waals surface area (Å²) in [7, 11) is 19.2. The summed E-state index contributed by atoms with van der Waals surface area (Å²) >= 11 is 0. The van der Waals surface area contributed by atoms with Gasteiger partial charge in [0.2, 0.25) is 0 Å². The minimum atomic E-state index is -1.17. The largest absolute Gasteiger partial charge is 4.00 e. The van der Waals surface area contributed by atoms with Gasteiger partial charge in [-0.15, -0.1) is 6.58 Å². The normalized spacial score (nSPS) is 29.4. The summed E-state index contributed by atoms with van der Waals surface area (Å²) in [5.41, 5.74) is 16.5. The molecule has 0 saturated heterocycles. The summed E-state index contributed by atoms with van der Waals surface area (Å²) in [6.45, 7) is 35.5. The molecule has 4 N–H and O–H groups in total. The Morgan fingerprint density at radius 3 is 0.719 bits per heavy atom. The second-order valence-corrected chi connectivity index (χ2v) is 17.8. The van der Waals surface area contributed by atoms with E-state index in [9.17, 15) is 0 Å². The van der Waals surface area contributed by atoms with Gasteiger partial charge in [-0.2, -0.15) is 48.6 Å². The van der Waals surface area contributed by atoms with Gasteiger partial charge in [-0.05, 0) is 149 Å². The van der Waals surface area contributed by atoms with E-state index >= 15 is 0 Å². The summed E-state index contributed by atoms with van der Waals surface area (Å²) in [6.07, 6.45) is 4.88. The van der Waals surface area contributed by atoms with Crippen LogP contribution in [0.4, 0.5) is 0 Å². The minimum Gasteiger partial charge on any atom is -0.681 e. The van der Waals surface area contributed by atoms with Gasteiger partial charge in [0.15, 0.2) is 0 Å². The van der Waals surface area contributed by atoms with Crippen LogP contribution >= 0.6 is 0 Å². The van der Waals surface area contributed by atoms with Crippen LogP contribution in [0, 0.1) is 148 Å². The summed E-state index contributed by atoms with van der Waals surface area (Å²) in [6, 6.07) is 0. The second kappa shape index (κ2) is 62.4. The average molecular weight is 1020 g/mol.